The van der Waals surface area contributed by atoms with Gasteiger partial charge in [-0.3, -0.25) is 0 Å². The Morgan fingerprint density at radius 2 is 2.06 bits per heavy atom. The number of rotatable bonds is 7. The fourth-order valence-electron chi connectivity index (χ4n) is 1.45. The Hall–Kier alpha value is -0.0300. The van der Waals surface area contributed by atoms with Crippen LogP contribution >= 0.6 is 27.7 Å². The van der Waals surface area contributed by atoms with E-state index in [9.17, 15) is 5.11 Å². The first-order valence-corrected chi connectivity index (χ1v) is 7.63. The van der Waals surface area contributed by atoms with Crippen LogP contribution in [0.15, 0.2) is 33.6 Å². The second-order valence-corrected chi connectivity index (χ2v) is 6.43. The van der Waals surface area contributed by atoms with E-state index in [0.29, 0.717) is 6.54 Å². The third-order valence-electron chi connectivity index (χ3n) is 2.64. The molecule has 0 heterocycles. The summed E-state index contributed by atoms with van der Waals surface area (Å²) >= 11 is 5.38. The molecule has 0 aromatic heterocycles. The number of benzene rings is 1. The van der Waals surface area contributed by atoms with E-state index in [0.717, 1.165) is 29.5 Å². The minimum atomic E-state index is -0.696. The van der Waals surface area contributed by atoms with Gasteiger partial charge in [0.25, 0.3) is 0 Å². The summed E-state index contributed by atoms with van der Waals surface area (Å²) in [5.41, 5.74) is 4.77. The van der Waals surface area contributed by atoms with Crippen LogP contribution in [0.1, 0.15) is 26.2 Å². The molecular formula is C13H20BrNOS. The molecule has 1 atom stereocenters. The monoisotopic (exact) mass is 317 g/mol. The summed E-state index contributed by atoms with van der Waals surface area (Å²) in [4.78, 5) is 1.28. The number of thioether (sulfide) groups is 1. The van der Waals surface area contributed by atoms with Gasteiger partial charge in [-0.25, -0.2) is 0 Å². The quantitative estimate of drug-likeness (QED) is 0.598. The molecule has 1 aromatic carbocycles. The number of unbranched alkanes of at least 4 members (excludes halogenated alkanes) is 1. The van der Waals surface area contributed by atoms with Crippen LogP contribution in [0.4, 0.5) is 0 Å². The van der Waals surface area contributed by atoms with Gasteiger partial charge in [-0.2, -0.15) is 0 Å². The molecule has 1 aromatic rings. The van der Waals surface area contributed by atoms with Gasteiger partial charge in [0.05, 0.1) is 5.60 Å². The highest BCUT2D eigenvalue weighted by molar-refractivity contribution is 9.10. The second-order valence-electron chi connectivity index (χ2n) is 4.44. The van der Waals surface area contributed by atoms with Crippen LogP contribution < -0.4 is 5.73 Å². The van der Waals surface area contributed by atoms with E-state index in [2.05, 4.69) is 28.1 Å². The zero-order valence-corrected chi connectivity index (χ0v) is 12.6. The first kappa shape index (κ1) is 15.0. The number of hydrogen-bond donors (Lipinski definition) is 2. The number of aliphatic hydroxyl groups is 1. The zero-order chi connectivity index (χ0) is 12.7. The molecule has 3 N–H and O–H groups in total. The van der Waals surface area contributed by atoms with Crippen LogP contribution in [0, 0.1) is 0 Å². The molecule has 1 rings (SSSR count). The SMILES string of the molecule is CC(O)(CN)CCCCSc1ccccc1Br. The molecule has 4 heteroatoms. The maximum atomic E-state index is 9.74. The topological polar surface area (TPSA) is 46.2 Å². The number of hydrogen-bond acceptors (Lipinski definition) is 3. The third kappa shape index (κ3) is 5.91. The van der Waals surface area contributed by atoms with E-state index < -0.39 is 5.60 Å². The smallest absolute Gasteiger partial charge is 0.0741 e. The van der Waals surface area contributed by atoms with Crippen LogP contribution in [-0.4, -0.2) is 23.0 Å². The molecular weight excluding hydrogens is 298 g/mol. The van der Waals surface area contributed by atoms with Gasteiger partial charge in [0.2, 0.25) is 0 Å². The van der Waals surface area contributed by atoms with Crippen molar-refractivity contribution in [1.29, 1.82) is 0 Å². The minimum Gasteiger partial charge on any atom is -0.389 e. The van der Waals surface area contributed by atoms with Gasteiger partial charge in [-0.1, -0.05) is 12.1 Å². The van der Waals surface area contributed by atoms with E-state index >= 15 is 0 Å². The molecule has 0 saturated heterocycles. The largest absolute Gasteiger partial charge is 0.389 e. The second kappa shape index (κ2) is 7.41. The van der Waals surface area contributed by atoms with E-state index in [-0.39, 0.29) is 0 Å². The Morgan fingerprint density at radius 3 is 2.71 bits per heavy atom. The van der Waals surface area contributed by atoms with Gasteiger partial charge in [-0.05, 0) is 60.0 Å². The Labute approximate surface area is 116 Å². The fraction of sp³-hybridized carbons (Fsp3) is 0.538. The fourth-order valence-corrected chi connectivity index (χ4v) is 3.03. The van der Waals surface area contributed by atoms with Gasteiger partial charge in [-0.15, -0.1) is 11.8 Å². The highest BCUT2D eigenvalue weighted by Gasteiger charge is 2.16. The number of nitrogens with two attached hydrogens (primary N) is 1. The highest BCUT2D eigenvalue weighted by atomic mass is 79.9. The van der Waals surface area contributed by atoms with Crippen molar-refractivity contribution in [2.75, 3.05) is 12.3 Å². The summed E-state index contributed by atoms with van der Waals surface area (Å²) < 4.78 is 1.15. The lowest BCUT2D eigenvalue weighted by Crippen LogP contribution is -2.33. The average molecular weight is 318 g/mol. The summed E-state index contributed by atoms with van der Waals surface area (Å²) in [6, 6.07) is 8.24. The normalized spacial score (nSPS) is 14.6. The Kier molecular flexibility index (Phi) is 6.55. The molecule has 96 valence electrons. The van der Waals surface area contributed by atoms with Crippen molar-refractivity contribution < 1.29 is 5.11 Å². The summed E-state index contributed by atoms with van der Waals surface area (Å²) in [7, 11) is 0. The highest BCUT2D eigenvalue weighted by Crippen LogP contribution is 2.28. The Balaban J connectivity index is 2.19. The predicted molar refractivity (Wildman–Crippen MR) is 78.4 cm³/mol. The minimum absolute atomic E-state index is 0.338. The predicted octanol–water partition coefficient (Wildman–Crippen LogP) is 3.42. The Bertz CT molecular complexity index is 344. The molecule has 17 heavy (non-hydrogen) atoms. The molecule has 0 aliphatic heterocycles. The van der Waals surface area contributed by atoms with E-state index in [1.165, 1.54) is 4.90 Å². The van der Waals surface area contributed by atoms with Crippen molar-refractivity contribution >= 4 is 27.7 Å². The molecule has 0 bridgehead atoms. The maximum Gasteiger partial charge on any atom is 0.0741 e. The molecule has 0 fully saturated rings. The van der Waals surface area contributed by atoms with Crippen LogP contribution in [0.3, 0.4) is 0 Å². The molecule has 2 nitrogen and oxygen atoms in total. The molecule has 0 amide bonds. The molecule has 0 radical (unpaired) electrons. The molecule has 0 aliphatic carbocycles. The molecule has 0 spiro atoms. The van der Waals surface area contributed by atoms with Crippen LogP contribution in [-0.2, 0) is 0 Å². The first-order valence-electron chi connectivity index (χ1n) is 5.85. The summed E-state index contributed by atoms with van der Waals surface area (Å²) in [5.74, 6) is 1.07. The van der Waals surface area contributed by atoms with Crippen molar-refractivity contribution in [3.8, 4) is 0 Å². The first-order chi connectivity index (χ1) is 8.05. The van der Waals surface area contributed by atoms with Crippen molar-refractivity contribution in [2.45, 2.75) is 36.7 Å². The summed E-state index contributed by atoms with van der Waals surface area (Å²) in [5, 5.41) is 9.74. The van der Waals surface area contributed by atoms with Gasteiger partial charge in [0.15, 0.2) is 0 Å². The average Bonchev–Trinajstić information content (AvgIpc) is 2.31. The zero-order valence-electron chi connectivity index (χ0n) is 10.2. The lowest BCUT2D eigenvalue weighted by molar-refractivity contribution is 0.0577. The molecule has 1 unspecified atom stereocenters. The number of halogens is 1. The van der Waals surface area contributed by atoms with Gasteiger partial charge >= 0.3 is 0 Å². The summed E-state index contributed by atoms with van der Waals surface area (Å²) in [6.45, 7) is 2.14. The van der Waals surface area contributed by atoms with E-state index in [1.807, 2.05) is 23.9 Å². The standard InChI is InChI=1S/C13H20BrNOS/c1-13(16,10-15)8-4-5-9-17-12-7-3-2-6-11(12)14/h2-3,6-7,16H,4-5,8-10,15H2,1H3. The maximum absolute atomic E-state index is 9.74. The van der Waals surface area contributed by atoms with Crippen molar-refractivity contribution in [1.82, 2.24) is 0 Å². The Morgan fingerprint density at radius 1 is 1.35 bits per heavy atom. The lowest BCUT2D eigenvalue weighted by atomic mass is 10.00. The van der Waals surface area contributed by atoms with Gasteiger partial charge < -0.3 is 10.8 Å². The van der Waals surface area contributed by atoms with Crippen LogP contribution in [0.5, 0.6) is 0 Å². The summed E-state index contributed by atoms with van der Waals surface area (Å²) in [6.07, 6.45) is 2.89. The molecule has 0 saturated carbocycles. The van der Waals surface area contributed by atoms with Crippen LogP contribution in [0.2, 0.25) is 0 Å². The van der Waals surface area contributed by atoms with Crippen LogP contribution in [0.25, 0.3) is 0 Å². The molecule has 0 aliphatic rings. The van der Waals surface area contributed by atoms with Crippen molar-refractivity contribution in [3.05, 3.63) is 28.7 Å². The third-order valence-corrected chi connectivity index (χ3v) is 4.76. The van der Waals surface area contributed by atoms with Gasteiger partial charge in [0, 0.05) is 15.9 Å². The van der Waals surface area contributed by atoms with E-state index in [1.54, 1.807) is 6.92 Å². The van der Waals surface area contributed by atoms with E-state index in [4.69, 9.17) is 5.73 Å². The van der Waals surface area contributed by atoms with Crippen molar-refractivity contribution in [3.63, 3.8) is 0 Å². The lowest BCUT2D eigenvalue weighted by Gasteiger charge is -2.20. The van der Waals surface area contributed by atoms with Gasteiger partial charge in [0.1, 0.15) is 0 Å². The van der Waals surface area contributed by atoms with Crippen molar-refractivity contribution in [2.24, 2.45) is 5.73 Å².